The van der Waals surface area contributed by atoms with Crippen molar-refractivity contribution in [2.45, 2.75) is 66.1 Å². The van der Waals surface area contributed by atoms with Gasteiger partial charge in [-0.25, -0.2) is 0 Å². The summed E-state index contributed by atoms with van der Waals surface area (Å²) in [7, 11) is 0. The van der Waals surface area contributed by atoms with Crippen LogP contribution in [0.25, 0.3) is 0 Å². The third-order valence-electron chi connectivity index (χ3n) is 4.42. The molecule has 1 amide bonds. The Labute approximate surface area is 132 Å². The Bertz CT molecular complexity index is 495. The number of carbonyl (C=O) groups is 1. The summed E-state index contributed by atoms with van der Waals surface area (Å²) in [5, 5.41) is 3.55. The van der Waals surface area contributed by atoms with Gasteiger partial charge in [0, 0.05) is 16.3 Å². The van der Waals surface area contributed by atoms with Crippen LogP contribution >= 0.6 is 11.3 Å². The quantitative estimate of drug-likeness (QED) is 0.858. The number of amides is 1. The summed E-state index contributed by atoms with van der Waals surface area (Å²) < 4.78 is 0. The average Bonchev–Trinajstić information content (AvgIpc) is 2.97. The number of aryl methyl sites for hydroxylation is 1. The van der Waals surface area contributed by atoms with Crippen molar-refractivity contribution < 1.29 is 4.79 Å². The van der Waals surface area contributed by atoms with E-state index >= 15 is 0 Å². The fourth-order valence-electron chi connectivity index (χ4n) is 2.75. The number of hydrogen-bond donors (Lipinski definition) is 1. The zero-order valence-corrected chi connectivity index (χ0v) is 14.7. The standard InChI is InChI=1S/C17H28N2OS/c1-6-8-13-16(20)19(11-17(4,5)7-2)15(18-13)14-10-9-12(3)21-14/h9-10,13,15,18H,6-8,11H2,1-5H3. The van der Waals surface area contributed by atoms with Gasteiger partial charge in [0.05, 0.1) is 6.04 Å². The van der Waals surface area contributed by atoms with Gasteiger partial charge in [0.15, 0.2) is 0 Å². The monoisotopic (exact) mass is 308 g/mol. The fraction of sp³-hybridized carbons (Fsp3) is 0.706. The lowest BCUT2D eigenvalue weighted by molar-refractivity contribution is -0.131. The summed E-state index contributed by atoms with van der Waals surface area (Å²) in [6, 6.07) is 4.28. The molecule has 0 bridgehead atoms. The van der Waals surface area contributed by atoms with E-state index < -0.39 is 0 Å². The Morgan fingerprint density at radius 1 is 1.33 bits per heavy atom. The summed E-state index contributed by atoms with van der Waals surface area (Å²) in [6.45, 7) is 11.7. The molecule has 1 aromatic rings. The van der Waals surface area contributed by atoms with Gasteiger partial charge in [-0.3, -0.25) is 10.1 Å². The average molecular weight is 308 g/mol. The number of nitrogens with one attached hydrogen (secondary N) is 1. The van der Waals surface area contributed by atoms with E-state index in [1.54, 1.807) is 11.3 Å². The minimum Gasteiger partial charge on any atom is -0.320 e. The summed E-state index contributed by atoms with van der Waals surface area (Å²) in [5.74, 6) is 0.273. The van der Waals surface area contributed by atoms with Crippen molar-refractivity contribution in [3.05, 3.63) is 21.9 Å². The van der Waals surface area contributed by atoms with E-state index in [2.05, 4.69) is 57.0 Å². The minimum absolute atomic E-state index is 0.0185. The van der Waals surface area contributed by atoms with Crippen LogP contribution in [0.4, 0.5) is 0 Å². The SMILES string of the molecule is CCCC1NC(c2ccc(C)s2)N(CC(C)(C)CC)C1=O. The van der Waals surface area contributed by atoms with Gasteiger partial charge in [-0.15, -0.1) is 11.3 Å². The molecular weight excluding hydrogens is 280 g/mol. The van der Waals surface area contributed by atoms with Crippen molar-refractivity contribution in [1.29, 1.82) is 0 Å². The van der Waals surface area contributed by atoms with Crippen molar-refractivity contribution in [3.8, 4) is 0 Å². The number of carbonyl (C=O) groups excluding carboxylic acids is 1. The largest absolute Gasteiger partial charge is 0.320 e. The number of hydrogen-bond acceptors (Lipinski definition) is 3. The first-order valence-corrected chi connectivity index (χ1v) is 8.82. The fourth-order valence-corrected chi connectivity index (χ4v) is 3.70. The van der Waals surface area contributed by atoms with Crippen LogP contribution in [0, 0.1) is 12.3 Å². The van der Waals surface area contributed by atoms with E-state index in [-0.39, 0.29) is 23.5 Å². The zero-order chi connectivity index (χ0) is 15.6. The van der Waals surface area contributed by atoms with Gasteiger partial charge < -0.3 is 4.90 Å². The molecule has 3 nitrogen and oxygen atoms in total. The second-order valence-electron chi connectivity index (χ2n) is 6.84. The highest BCUT2D eigenvalue weighted by Crippen LogP contribution is 2.34. The molecule has 2 unspecified atom stereocenters. The van der Waals surface area contributed by atoms with Gasteiger partial charge in [0.2, 0.25) is 5.91 Å². The smallest absolute Gasteiger partial charge is 0.241 e. The van der Waals surface area contributed by atoms with Crippen molar-refractivity contribution in [2.24, 2.45) is 5.41 Å². The topological polar surface area (TPSA) is 32.3 Å². The molecule has 21 heavy (non-hydrogen) atoms. The molecule has 1 N–H and O–H groups in total. The van der Waals surface area contributed by atoms with Gasteiger partial charge in [0.1, 0.15) is 6.17 Å². The molecule has 0 aliphatic carbocycles. The highest BCUT2D eigenvalue weighted by Gasteiger charge is 2.41. The van der Waals surface area contributed by atoms with Crippen LogP contribution in [0.3, 0.4) is 0 Å². The molecule has 2 heterocycles. The molecule has 1 fully saturated rings. The first-order valence-electron chi connectivity index (χ1n) is 8.01. The normalized spacial score (nSPS) is 23.1. The maximum absolute atomic E-state index is 12.7. The lowest BCUT2D eigenvalue weighted by Crippen LogP contribution is -2.38. The Balaban J connectivity index is 2.24. The number of nitrogens with zero attached hydrogens (tertiary/aromatic N) is 1. The Morgan fingerprint density at radius 2 is 2.05 bits per heavy atom. The van der Waals surface area contributed by atoms with Gasteiger partial charge in [-0.2, -0.15) is 0 Å². The lowest BCUT2D eigenvalue weighted by Gasteiger charge is -2.32. The predicted molar refractivity (Wildman–Crippen MR) is 89.4 cm³/mol. The van der Waals surface area contributed by atoms with E-state index in [1.807, 2.05) is 0 Å². The van der Waals surface area contributed by atoms with Gasteiger partial charge in [-0.05, 0) is 37.3 Å². The number of thiophene rings is 1. The summed E-state index contributed by atoms with van der Waals surface area (Å²) >= 11 is 1.79. The van der Waals surface area contributed by atoms with Crippen molar-refractivity contribution >= 4 is 17.2 Å². The molecule has 118 valence electrons. The van der Waals surface area contributed by atoms with Crippen LogP contribution in [0.1, 0.15) is 62.9 Å². The second-order valence-corrected chi connectivity index (χ2v) is 8.16. The molecule has 1 aliphatic heterocycles. The molecule has 1 aliphatic rings. The lowest BCUT2D eigenvalue weighted by atomic mass is 9.89. The van der Waals surface area contributed by atoms with E-state index in [0.29, 0.717) is 0 Å². The van der Waals surface area contributed by atoms with Gasteiger partial charge in [-0.1, -0.05) is 34.1 Å². The summed E-state index contributed by atoms with van der Waals surface area (Å²) in [4.78, 5) is 17.4. The van der Waals surface area contributed by atoms with Crippen LogP contribution in [0.15, 0.2) is 12.1 Å². The van der Waals surface area contributed by atoms with Crippen molar-refractivity contribution in [1.82, 2.24) is 10.2 Å². The number of rotatable bonds is 6. The molecule has 2 atom stereocenters. The summed E-state index contributed by atoms with van der Waals surface area (Å²) in [5.41, 5.74) is 0.156. The Hall–Kier alpha value is -0.870. The van der Waals surface area contributed by atoms with E-state index in [0.717, 1.165) is 25.8 Å². The molecule has 1 aromatic heterocycles. The van der Waals surface area contributed by atoms with Crippen LogP contribution in [-0.2, 0) is 4.79 Å². The summed E-state index contributed by atoms with van der Waals surface area (Å²) in [6.07, 6.45) is 3.08. The molecule has 0 aromatic carbocycles. The third-order valence-corrected chi connectivity index (χ3v) is 5.47. The molecule has 4 heteroatoms. The van der Waals surface area contributed by atoms with Gasteiger partial charge >= 0.3 is 0 Å². The molecule has 0 saturated carbocycles. The van der Waals surface area contributed by atoms with Crippen LogP contribution < -0.4 is 5.32 Å². The van der Waals surface area contributed by atoms with Crippen molar-refractivity contribution in [3.63, 3.8) is 0 Å². The van der Waals surface area contributed by atoms with Gasteiger partial charge in [0.25, 0.3) is 0 Å². The Kier molecular flexibility index (Phi) is 5.10. The van der Waals surface area contributed by atoms with E-state index in [1.165, 1.54) is 9.75 Å². The molecule has 2 rings (SSSR count). The van der Waals surface area contributed by atoms with Crippen LogP contribution in [0.2, 0.25) is 0 Å². The van der Waals surface area contributed by atoms with Crippen LogP contribution in [0.5, 0.6) is 0 Å². The second kappa shape index (κ2) is 6.49. The predicted octanol–water partition coefficient (Wildman–Crippen LogP) is 4.09. The molecule has 0 radical (unpaired) electrons. The zero-order valence-electron chi connectivity index (χ0n) is 13.9. The minimum atomic E-state index is -0.0185. The molecule has 0 spiro atoms. The maximum Gasteiger partial charge on any atom is 0.241 e. The van der Waals surface area contributed by atoms with Crippen LogP contribution in [-0.4, -0.2) is 23.4 Å². The van der Waals surface area contributed by atoms with Crippen molar-refractivity contribution in [2.75, 3.05) is 6.54 Å². The molecule has 1 saturated heterocycles. The Morgan fingerprint density at radius 3 is 2.57 bits per heavy atom. The first kappa shape index (κ1) is 16.5. The third kappa shape index (κ3) is 3.67. The maximum atomic E-state index is 12.7. The highest BCUT2D eigenvalue weighted by molar-refractivity contribution is 7.12. The highest BCUT2D eigenvalue weighted by atomic mass is 32.1. The van der Waals surface area contributed by atoms with E-state index in [9.17, 15) is 4.79 Å². The first-order chi connectivity index (χ1) is 9.88. The van der Waals surface area contributed by atoms with E-state index in [4.69, 9.17) is 0 Å². The molecular formula is C17H28N2OS.